The van der Waals surface area contributed by atoms with E-state index in [9.17, 15) is 4.79 Å². The lowest BCUT2D eigenvalue weighted by Crippen LogP contribution is -2.37. The summed E-state index contributed by atoms with van der Waals surface area (Å²) in [6.07, 6.45) is 0.760. The number of hydrogen-bond donors (Lipinski definition) is 1. The monoisotopic (exact) mass is 235 g/mol. The van der Waals surface area contributed by atoms with Crippen LogP contribution in [-0.4, -0.2) is 31.3 Å². The highest BCUT2D eigenvalue weighted by Crippen LogP contribution is 2.40. The van der Waals surface area contributed by atoms with Gasteiger partial charge >= 0.3 is 5.97 Å². The van der Waals surface area contributed by atoms with Crippen molar-refractivity contribution in [3.05, 3.63) is 23.8 Å². The van der Waals surface area contributed by atoms with E-state index >= 15 is 0 Å². The minimum absolute atomic E-state index is 0.00111. The molecule has 1 aliphatic heterocycles. The van der Waals surface area contributed by atoms with Gasteiger partial charge in [0.25, 0.3) is 0 Å². The van der Waals surface area contributed by atoms with Crippen molar-refractivity contribution in [2.24, 2.45) is 5.92 Å². The fourth-order valence-corrected chi connectivity index (χ4v) is 2.50. The van der Waals surface area contributed by atoms with E-state index in [1.807, 2.05) is 30.1 Å². The van der Waals surface area contributed by atoms with Gasteiger partial charge in [-0.15, -0.1) is 0 Å². The van der Waals surface area contributed by atoms with Crippen molar-refractivity contribution in [2.75, 3.05) is 19.1 Å². The molecule has 2 rings (SSSR count). The summed E-state index contributed by atoms with van der Waals surface area (Å²) in [4.78, 5) is 13.1. The summed E-state index contributed by atoms with van der Waals surface area (Å²) < 4.78 is 5.33. The quantitative estimate of drug-likeness (QED) is 0.867. The third-order valence-electron chi connectivity index (χ3n) is 3.55. The van der Waals surface area contributed by atoms with Crippen LogP contribution in [0.25, 0.3) is 0 Å². The summed E-state index contributed by atoms with van der Waals surface area (Å²) in [7, 11) is 3.57. The Kier molecular flexibility index (Phi) is 2.96. The van der Waals surface area contributed by atoms with E-state index in [0.717, 1.165) is 23.4 Å². The van der Waals surface area contributed by atoms with Crippen LogP contribution < -0.4 is 9.64 Å². The Morgan fingerprint density at radius 3 is 2.88 bits per heavy atom. The Morgan fingerprint density at radius 1 is 1.59 bits per heavy atom. The number of fused-ring (bicyclic) bond motifs is 1. The van der Waals surface area contributed by atoms with Gasteiger partial charge in [0.15, 0.2) is 0 Å². The van der Waals surface area contributed by atoms with Gasteiger partial charge in [-0.05, 0) is 25.0 Å². The van der Waals surface area contributed by atoms with Gasteiger partial charge in [0.2, 0.25) is 0 Å². The SMILES string of the molecule is COc1cccc2c1N(C)C(C(C)C(=O)O)C2. The van der Waals surface area contributed by atoms with E-state index in [-0.39, 0.29) is 6.04 Å². The van der Waals surface area contributed by atoms with Crippen molar-refractivity contribution in [3.8, 4) is 5.75 Å². The molecule has 0 aliphatic carbocycles. The highest BCUT2D eigenvalue weighted by atomic mass is 16.5. The van der Waals surface area contributed by atoms with Gasteiger partial charge in [-0.3, -0.25) is 4.79 Å². The number of ether oxygens (including phenoxy) is 1. The van der Waals surface area contributed by atoms with E-state index in [1.165, 1.54) is 0 Å². The zero-order valence-corrected chi connectivity index (χ0v) is 10.3. The number of benzene rings is 1. The summed E-state index contributed by atoms with van der Waals surface area (Å²) >= 11 is 0. The Hall–Kier alpha value is -1.71. The fourth-order valence-electron chi connectivity index (χ4n) is 2.50. The van der Waals surface area contributed by atoms with Gasteiger partial charge in [0, 0.05) is 13.1 Å². The predicted molar refractivity (Wildman–Crippen MR) is 65.7 cm³/mol. The molecule has 17 heavy (non-hydrogen) atoms. The lowest BCUT2D eigenvalue weighted by molar-refractivity contribution is -0.141. The average Bonchev–Trinajstić information content (AvgIpc) is 2.65. The molecule has 1 N–H and O–H groups in total. The highest BCUT2D eigenvalue weighted by Gasteiger charge is 2.35. The molecule has 0 saturated carbocycles. The Morgan fingerprint density at radius 2 is 2.29 bits per heavy atom. The number of likely N-dealkylation sites (N-methyl/N-ethyl adjacent to an activating group) is 1. The molecule has 4 nitrogen and oxygen atoms in total. The van der Waals surface area contributed by atoms with Crippen molar-refractivity contribution < 1.29 is 14.6 Å². The molecule has 2 atom stereocenters. The molecule has 4 heteroatoms. The molecule has 2 unspecified atom stereocenters. The molecule has 1 aliphatic rings. The lowest BCUT2D eigenvalue weighted by atomic mass is 9.98. The minimum Gasteiger partial charge on any atom is -0.495 e. The van der Waals surface area contributed by atoms with Crippen LogP contribution in [0, 0.1) is 5.92 Å². The van der Waals surface area contributed by atoms with E-state index in [0.29, 0.717) is 0 Å². The van der Waals surface area contributed by atoms with Crippen LogP contribution in [-0.2, 0) is 11.2 Å². The van der Waals surface area contributed by atoms with Crippen molar-refractivity contribution in [1.29, 1.82) is 0 Å². The highest BCUT2D eigenvalue weighted by molar-refractivity contribution is 5.75. The summed E-state index contributed by atoms with van der Waals surface area (Å²) in [6, 6.07) is 5.88. The van der Waals surface area contributed by atoms with Crippen LogP contribution >= 0.6 is 0 Å². The molecular formula is C13H17NO3. The Balaban J connectivity index is 2.35. The number of nitrogens with zero attached hydrogens (tertiary/aromatic N) is 1. The predicted octanol–water partition coefficient (Wildman–Crippen LogP) is 1.78. The number of para-hydroxylation sites is 1. The molecule has 0 spiro atoms. The van der Waals surface area contributed by atoms with Gasteiger partial charge in [0.05, 0.1) is 18.7 Å². The van der Waals surface area contributed by atoms with Crippen molar-refractivity contribution >= 4 is 11.7 Å². The number of hydrogen-bond acceptors (Lipinski definition) is 3. The first-order valence-electron chi connectivity index (χ1n) is 5.67. The van der Waals surface area contributed by atoms with E-state index < -0.39 is 11.9 Å². The van der Waals surface area contributed by atoms with Gasteiger partial charge in [0.1, 0.15) is 5.75 Å². The molecule has 92 valence electrons. The summed E-state index contributed by atoms with van der Waals surface area (Å²) in [5.41, 5.74) is 2.18. The van der Waals surface area contributed by atoms with E-state index in [4.69, 9.17) is 9.84 Å². The summed E-state index contributed by atoms with van der Waals surface area (Å²) in [5.74, 6) is -0.337. The standard InChI is InChI=1S/C13H17NO3/c1-8(13(15)16)10-7-9-5-4-6-11(17-3)12(9)14(10)2/h4-6,8,10H,7H2,1-3H3,(H,15,16). The molecule has 0 aromatic heterocycles. The number of rotatable bonds is 3. The number of carbonyl (C=O) groups is 1. The first-order chi connectivity index (χ1) is 8.06. The number of carboxylic acids is 1. The molecule has 1 aromatic rings. The molecular weight excluding hydrogens is 218 g/mol. The normalized spacial score (nSPS) is 19.9. The maximum absolute atomic E-state index is 11.1. The van der Waals surface area contributed by atoms with Crippen LogP contribution in [0.4, 0.5) is 5.69 Å². The first kappa shape index (κ1) is 11.8. The van der Waals surface area contributed by atoms with Crippen molar-refractivity contribution in [1.82, 2.24) is 0 Å². The van der Waals surface area contributed by atoms with Gasteiger partial charge in [-0.1, -0.05) is 12.1 Å². The summed E-state index contributed by atoms with van der Waals surface area (Å²) in [6.45, 7) is 1.75. The first-order valence-corrected chi connectivity index (χ1v) is 5.67. The Bertz CT molecular complexity index is 444. The number of aliphatic carboxylic acids is 1. The van der Waals surface area contributed by atoms with Gasteiger partial charge < -0.3 is 14.7 Å². The lowest BCUT2D eigenvalue weighted by Gasteiger charge is -2.26. The third-order valence-corrected chi connectivity index (χ3v) is 3.55. The molecule has 0 radical (unpaired) electrons. The number of carboxylic acid groups (broad SMARTS) is 1. The number of anilines is 1. The zero-order valence-electron chi connectivity index (χ0n) is 10.3. The fraction of sp³-hybridized carbons (Fsp3) is 0.462. The second-order valence-electron chi connectivity index (χ2n) is 4.48. The molecule has 0 saturated heterocycles. The van der Waals surface area contributed by atoms with Crippen LogP contribution in [0.2, 0.25) is 0 Å². The van der Waals surface area contributed by atoms with E-state index in [1.54, 1.807) is 14.0 Å². The van der Waals surface area contributed by atoms with Gasteiger partial charge in [-0.25, -0.2) is 0 Å². The van der Waals surface area contributed by atoms with Gasteiger partial charge in [-0.2, -0.15) is 0 Å². The molecule has 0 fully saturated rings. The van der Waals surface area contributed by atoms with Crippen LogP contribution in [0.3, 0.4) is 0 Å². The van der Waals surface area contributed by atoms with Crippen molar-refractivity contribution in [2.45, 2.75) is 19.4 Å². The number of methoxy groups -OCH3 is 1. The molecule has 0 amide bonds. The van der Waals surface area contributed by atoms with Crippen molar-refractivity contribution in [3.63, 3.8) is 0 Å². The molecule has 1 heterocycles. The molecule has 1 aromatic carbocycles. The average molecular weight is 235 g/mol. The second kappa shape index (κ2) is 4.28. The maximum Gasteiger partial charge on any atom is 0.308 e. The maximum atomic E-state index is 11.1. The minimum atomic E-state index is -0.756. The topological polar surface area (TPSA) is 49.8 Å². The zero-order chi connectivity index (χ0) is 12.6. The van der Waals surface area contributed by atoms with E-state index in [2.05, 4.69) is 0 Å². The molecule has 0 bridgehead atoms. The van der Waals surface area contributed by atoms with Crippen LogP contribution in [0.5, 0.6) is 5.75 Å². The second-order valence-corrected chi connectivity index (χ2v) is 4.48. The summed E-state index contributed by atoms with van der Waals surface area (Å²) in [5, 5.41) is 9.11. The Labute approximate surface area is 101 Å². The van der Waals surface area contributed by atoms with Crippen LogP contribution in [0.15, 0.2) is 18.2 Å². The largest absolute Gasteiger partial charge is 0.495 e. The van der Waals surface area contributed by atoms with Crippen LogP contribution in [0.1, 0.15) is 12.5 Å². The third kappa shape index (κ3) is 1.84. The smallest absolute Gasteiger partial charge is 0.308 e.